The zero-order chi connectivity index (χ0) is 13.3. The van der Waals surface area contributed by atoms with E-state index in [1.807, 2.05) is 0 Å². The van der Waals surface area contributed by atoms with Gasteiger partial charge < -0.3 is 14.6 Å². The highest BCUT2D eigenvalue weighted by Crippen LogP contribution is 2.32. The molecule has 0 atom stereocenters. The lowest BCUT2D eigenvalue weighted by Gasteiger charge is -2.39. The Morgan fingerprint density at radius 3 is 2.84 bits per heavy atom. The topological polar surface area (TPSA) is 51.6 Å². The van der Waals surface area contributed by atoms with E-state index in [2.05, 4.69) is 27.0 Å². The Hall–Kier alpha value is -0.650. The van der Waals surface area contributed by atoms with Crippen LogP contribution in [0, 0.1) is 5.41 Å². The Kier molecular flexibility index (Phi) is 3.78. The number of aryl methyl sites for hydroxylation is 2. The summed E-state index contributed by atoms with van der Waals surface area (Å²) >= 11 is 3.52. The zero-order valence-corrected chi connectivity index (χ0v) is 12.4. The predicted octanol–water partition coefficient (Wildman–Crippen LogP) is 2.11. The van der Waals surface area contributed by atoms with Gasteiger partial charge in [-0.2, -0.15) is 0 Å². The largest absolute Gasteiger partial charge is 0.476 e. The molecule has 0 aromatic carbocycles. The number of aliphatic hydroxyl groups excluding tert-OH is 1. The second-order valence-corrected chi connectivity index (χ2v) is 6.38. The normalized spacial score (nSPS) is 20.5. The number of ether oxygens (including phenoxy) is 2. The van der Waals surface area contributed by atoms with Crippen LogP contribution >= 0.6 is 15.9 Å². The Morgan fingerprint density at radius 1 is 1.37 bits per heavy atom. The number of aromatic nitrogens is 1. The van der Waals surface area contributed by atoms with E-state index < -0.39 is 0 Å². The van der Waals surface area contributed by atoms with Crippen molar-refractivity contribution >= 4 is 15.9 Å². The van der Waals surface area contributed by atoms with Crippen LogP contribution in [0.5, 0.6) is 5.88 Å². The van der Waals surface area contributed by atoms with Gasteiger partial charge in [0.15, 0.2) is 0 Å². The van der Waals surface area contributed by atoms with Gasteiger partial charge in [0, 0.05) is 5.69 Å². The van der Waals surface area contributed by atoms with E-state index in [0.29, 0.717) is 25.7 Å². The van der Waals surface area contributed by atoms with Crippen molar-refractivity contribution in [2.45, 2.75) is 25.7 Å². The van der Waals surface area contributed by atoms with E-state index in [4.69, 9.17) is 9.47 Å². The van der Waals surface area contributed by atoms with Crippen LogP contribution < -0.4 is 4.74 Å². The molecule has 3 rings (SSSR count). The molecule has 1 aliphatic heterocycles. The molecular formula is C14H18BrNO3. The molecule has 1 saturated heterocycles. The summed E-state index contributed by atoms with van der Waals surface area (Å²) in [5, 5.41) is 9.38. The Balaban J connectivity index is 1.73. The molecule has 0 unspecified atom stereocenters. The van der Waals surface area contributed by atoms with E-state index in [1.165, 1.54) is 18.4 Å². The lowest BCUT2D eigenvalue weighted by molar-refractivity contribution is -0.153. The van der Waals surface area contributed by atoms with Crippen LogP contribution in [0.15, 0.2) is 10.5 Å². The third-order valence-electron chi connectivity index (χ3n) is 3.89. The molecule has 0 spiro atoms. The number of aliphatic hydroxyl groups is 1. The number of pyridine rings is 1. The SMILES string of the molecule is OCC1(COc2nc3c(cc2Br)CCCC3)COC1. The Labute approximate surface area is 121 Å². The third kappa shape index (κ3) is 2.64. The lowest BCUT2D eigenvalue weighted by atomic mass is 9.88. The molecule has 1 aromatic heterocycles. The van der Waals surface area contributed by atoms with E-state index in [-0.39, 0.29) is 12.0 Å². The van der Waals surface area contributed by atoms with Gasteiger partial charge in [-0.15, -0.1) is 0 Å². The highest BCUT2D eigenvalue weighted by atomic mass is 79.9. The second-order valence-electron chi connectivity index (χ2n) is 5.53. The molecule has 2 aliphatic rings. The van der Waals surface area contributed by atoms with Gasteiger partial charge >= 0.3 is 0 Å². The minimum atomic E-state index is -0.239. The van der Waals surface area contributed by atoms with Crippen LogP contribution in [-0.2, 0) is 17.6 Å². The van der Waals surface area contributed by atoms with Gasteiger partial charge in [0.1, 0.15) is 6.61 Å². The van der Waals surface area contributed by atoms with E-state index in [9.17, 15) is 5.11 Å². The number of rotatable bonds is 4. The molecule has 1 aromatic rings. The van der Waals surface area contributed by atoms with Gasteiger partial charge in [0.2, 0.25) is 5.88 Å². The highest BCUT2D eigenvalue weighted by molar-refractivity contribution is 9.10. The highest BCUT2D eigenvalue weighted by Gasteiger charge is 2.39. The van der Waals surface area contributed by atoms with Crippen LogP contribution in [0.25, 0.3) is 0 Å². The van der Waals surface area contributed by atoms with E-state index >= 15 is 0 Å². The lowest BCUT2D eigenvalue weighted by Crippen LogP contribution is -2.50. The molecule has 0 amide bonds. The van der Waals surface area contributed by atoms with Gasteiger partial charge in [-0.25, -0.2) is 4.98 Å². The summed E-state index contributed by atoms with van der Waals surface area (Å²) in [6.07, 6.45) is 4.59. The standard InChI is InChI=1S/C14H18BrNO3/c15-11-5-10-3-1-2-4-12(10)16-13(11)19-9-14(6-17)7-18-8-14/h5,17H,1-4,6-9H2. The molecule has 19 heavy (non-hydrogen) atoms. The first-order chi connectivity index (χ1) is 9.22. The summed E-state index contributed by atoms with van der Waals surface area (Å²) < 4.78 is 11.9. The Morgan fingerprint density at radius 2 is 2.16 bits per heavy atom. The first-order valence-corrected chi connectivity index (χ1v) is 7.51. The first-order valence-electron chi connectivity index (χ1n) is 6.72. The maximum atomic E-state index is 9.38. The number of nitrogens with zero attached hydrogens (tertiary/aromatic N) is 1. The molecule has 1 fully saturated rings. The molecular weight excluding hydrogens is 310 g/mol. The van der Waals surface area contributed by atoms with Crippen LogP contribution in [0.4, 0.5) is 0 Å². The average Bonchev–Trinajstić information content (AvgIpc) is 2.38. The monoisotopic (exact) mass is 327 g/mol. The molecule has 5 heteroatoms. The van der Waals surface area contributed by atoms with Crippen molar-refractivity contribution in [1.82, 2.24) is 4.98 Å². The van der Waals surface area contributed by atoms with Gasteiger partial charge in [0.25, 0.3) is 0 Å². The molecule has 1 aliphatic carbocycles. The minimum Gasteiger partial charge on any atom is -0.476 e. The fourth-order valence-electron chi connectivity index (χ4n) is 2.52. The fraction of sp³-hybridized carbons (Fsp3) is 0.643. The van der Waals surface area contributed by atoms with Crippen molar-refractivity contribution in [3.05, 3.63) is 21.8 Å². The molecule has 4 nitrogen and oxygen atoms in total. The summed E-state index contributed by atoms with van der Waals surface area (Å²) in [6, 6.07) is 2.12. The van der Waals surface area contributed by atoms with Gasteiger partial charge in [-0.1, -0.05) is 0 Å². The van der Waals surface area contributed by atoms with Crippen molar-refractivity contribution in [3.63, 3.8) is 0 Å². The molecule has 0 saturated carbocycles. The van der Waals surface area contributed by atoms with Crippen LogP contribution in [0.2, 0.25) is 0 Å². The molecule has 0 bridgehead atoms. The van der Waals surface area contributed by atoms with Crippen LogP contribution in [-0.4, -0.2) is 36.5 Å². The predicted molar refractivity (Wildman–Crippen MR) is 74.4 cm³/mol. The van der Waals surface area contributed by atoms with Gasteiger partial charge in [-0.05, 0) is 53.2 Å². The van der Waals surface area contributed by atoms with Crippen molar-refractivity contribution in [1.29, 1.82) is 0 Å². The summed E-state index contributed by atoms with van der Waals surface area (Å²) in [7, 11) is 0. The average molecular weight is 328 g/mol. The smallest absolute Gasteiger partial charge is 0.228 e. The zero-order valence-electron chi connectivity index (χ0n) is 10.8. The molecule has 2 heterocycles. The molecule has 1 N–H and O–H groups in total. The summed E-state index contributed by atoms with van der Waals surface area (Å²) in [4.78, 5) is 4.62. The Bertz CT molecular complexity index is 468. The number of fused-ring (bicyclic) bond motifs is 1. The molecule has 0 radical (unpaired) electrons. The summed E-state index contributed by atoms with van der Waals surface area (Å²) in [5.74, 6) is 0.639. The second kappa shape index (κ2) is 5.38. The third-order valence-corrected chi connectivity index (χ3v) is 4.46. The van der Waals surface area contributed by atoms with E-state index in [1.54, 1.807) is 0 Å². The van der Waals surface area contributed by atoms with Gasteiger partial charge in [0.05, 0.1) is 29.7 Å². The van der Waals surface area contributed by atoms with Crippen molar-refractivity contribution in [3.8, 4) is 5.88 Å². The van der Waals surface area contributed by atoms with Gasteiger partial charge in [-0.3, -0.25) is 0 Å². The number of hydrogen-bond donors (Lipinski definition) is 1. The van der Waals surface area contributed by atoms with Crippen molar-refractivity contribution in [2.75, 3.05) is 26.4 Å². The quantitative estimate of drug-likeness (QED) is 0.920. The summed E-state index contributed by atoms with van der Waals surface area (Å²) in [6.45, 7) is 1.67. The minimum absolute atomic E-state index is 0.0928. The van der Waals surface area contributed by atoms with Crippen molar-refractivity contribution in [2.24, 2.45) is 5.41 Å². The maximum absolute atomic E-state index is 9.38. The van der Waals surface area contributed by atoms with Crippen LogP contribution in [0.3, 0.4) is 0 Å². The van der Waals surface area contributed by atoms with Crippen molar-refractivity contribution < 1.29 is 14.6 Å². The molecule has 104 valence electrons. The summed E-state index contributed by atoms with van der Waals surface area (Å²) in [5.41, 5.74) is 2.25. The number of halogens is 1. The first kappa shape index (κ1) is 13.3. The van der Waals surface area contributed by atoms with Crippen LogP contribution in [0.1, 0.15) is 24.1 Å². The maximum Gasteiger partial charge on any atom is 0.228 e. The fourth-order valence-corrected chi connectivity index (χ4v) is 3.00. The number of hydrogen-bond acceptors (Lipinski definition) is 4. The van der Waals surface area contributed by atoms with E-state index in [0.717, 1.165) is 23.0 Å².